The van der Waals surface area contributed by atoms with Crippen molar-refractivity contribution in [2.45, 2.75) is 25.2 Å². The van der Waals surface area contributed by atoms with Gasteiger partial charge in [-0.05, 0) is 55.7 Å². The molecule has 0 spiro atoms. The minimum absolute atomic E-state index is 0.0627. The number of rotatable bonds is 3. The first kappa shape index (κ1) is 14.3. The van der Waals surface area contributed by atoms with Crippen LogP contribution < -0.4 is 5.32 Å². The summed E-state index contributed by atoms with van der Waals surface area (Å²) in [5.74, 6) is 0.0627. The number of aromatic amines is 1. The molecule has 0 aliphatic heterocycles. The van der Waals surface area contributed by atoms with E-state index in [2.05, 4.69) is 22.4 Å². The zero-order valence-electron chi connectivity index (χ0n) is 12.8. The fourth-order valence-electron chi connectivity index (χ4n) is 3.39. The maximum Gasteiger partial charge on any atom is 0.235 e. The standard InChI is InChI=1S/C19H17ClN2O/c1-12-17(15-4-2-3-5-16(15)21-12)19(10-11-19)18(23)22-14-8-6-13(20)7-9-14/h2-9,21H,10-11H2,1H3,(H,22,23). The second kappa shape index (κ2) is 5.14. The van der Waals surface area contributed by atoms with Gasteiger partial charge < -0.3 is 10.3 Å². The van der Waals surface area contributed by atoms with Crippen molar-refractivity contribution in [3.63, 3.8) is 0 Å². The summed E-state index contributed by atoms with van der Waals surface area (Å²) in [7, 11) is 0. The number of carbonyl (C=O) groups excluding carboxylic acids is 1. The molecule has 0 radical (unpaired) electrons. The third-order valence-corrected chi connectivity index (χ3v) is 4.91. The van der Waals surface area contributed by atoms with E-state index in [1.54, 1.807) is 12.1 Å². The lowest BCUT2D eigenvalue weighted by Gasteiger charge is -2.16. The molecule has 2 aromatic carbocycles. The average Bonchev–Trinajstić information content (AvgIpc) is 3.26. The molecule has 3 nitrogen and oxygen atoms in total. The number of hydrogen-bond donors (Lipinski definition) is 2. The molecular weight excluding hydrogens is 308 g/mol. The third-order valence-electron chi connectivity index (χ3n) is 4.66. The largest absolute Gasteiger partial charge is 0.358 e. The van der Waals surface area contributed by atoms with Gasteiger partial charge in [-0.1, -0.05) is 29.8 Å². The van der Waals surface area contributed by atoms with Crippen molar-refractivity contribution in [2.75, 3.05) is 5.32 Å². The number of carbonyl (C=O) groups is 1. The zero-order valence-corrected chi connectivity index (χ0v) is 13.6. The second-order valence-electron chi connectivity index (χ2n) is 6.21. The highest BCUT2D eigenvalue weighted by atomic mass is 35.5. The molecule has 4 heteroatoms. The molecular formula is C19H17ClN2O. The van der Waals surface area contributed by atoms with Crippen LogP contribution in [0.2, 0.25) is 5.02 Å². The molecule has 0 unspecified atom stereocenters. The van der Waals surface area contributed by atoms with Crippen molar-refractivity contribution >= 4 is 34.1 Å². The average molecular weight is 325 g/mol. The van der Waals surface area contributed by atoms with E-state index in [-0.39, 0.29) is 5.91 Å². The number of para-hydroxylation sites is 1. The van der Waals surface area contributed by atoms with Gasteiger partial charge in [0.25, 0.3) is 0 Å². The minimum Gasteiger partial charge on any atom is -0.358 e. The molecule has 1 aromatic heterocycles. The molecule has 1 aliphatic rings. The Morgan fingerprint density at radius 2 is 1.83 bits per heavy atom. The summed E-state index contributed by atoms with van der Waals surface area (Å²) in [4.78, 5) is 16.3. The Morgan fingerprint density at radius 3 is 2.52 bits per heavy atom. The summed E-state index contributed by atoms with van der Waals surface area (Å²) in [5.41, 5.74) is 3.67. The number of hydrogen-bond acceptors (Lipinski definition) is 1. The van der Waals surface area contributed by atoms with Crippen molar-refractivity contribution in [3.8, 4) is 0 Å². The molecule has 1 amide bonds. The minimum atomic E-state index is -0.413. The van der Waals surface area contributed by atoms with Crippen LogP contribution in [0.1, 0.15) is 24.1 Å². The first-order valence-corrected chi connectivity index (χ1v) is 8.13. The van der Waals surface area contributed by atoms with Crippen LogP contribution in [-0.2, 0) is 10.2 Å². The molecule has 3 aromatic rings. The summed E-state index contributed by atoms with van der Waals surface area (Å²) >= 11 is 5.90. The zero-order chi connectivity index (χ0) is 16.0. The molecule has 1 aliphatic carbocycles. The molecule has 1 fully saturated rings. The summed E-state index contributed by atoms with van der Waals surface area (Å²) in [6, 6.07) is 15.4. The summed E-state index contributed by atoms with van der Waals surface area (Å²) in [6.45, 7) is 2.05. The molecule has 0 bridgehead atoms. The number of benzene rings is 2. The van der Waals surface area contributed by atoms with Gasteiger partial charge in [0.2, 0.25) is 5.91 Å². The number of aromatic nitrogens is 1. The van der Waals surface area contributed by atoms with Gasteiger partial charge in [-0.15, -0.1) is 0 Å². The van der Waals surface area contributed by atoms with E-state index in [0.29, 0.717) is 5.02 Å². The van der Waals surface area contributed by atoms with E-state index in [9.17, 15) is 4.79 Å². The molecule has 1 heterocycles. The van der Waals surface area contributed by atoms with E-state index in [4.69, 9.17) is 11.6 Å². The lowest BCUT2D eigenvalue weighted by Crippen LogP contribution is -2.28. The Balaban J connectivity index is 1.71. The summed E-state index contributed by atoms with van der Waals surface area (Å²) in [5, 5.41) is 4.85. The van der Waals surface area contributed by atoms with Crippen molar-refractivity contribution in [1.29, 1.82) is 0 Å². The number of halogens is 1. The van der Waals surface area contributed by atoms with Gasteiger partial charge >= 0.3 is 0 Å². The third kappa shape index (κ3) is 2.32. The molecule has 0 saturated heterocycles. The van der Waals surface area contributed by atoms with Crippen LogP contribution in [0.15, 0.2) is 48.5 Å². The van der Waals surface area contributed by atoms with Gasteiger partial charge in [0, 0.05) is 27.3 Å². The van der Waals surface area contributed by atoms with Gasteiger partial charge in [0.1, 0.15) is 0 Å². The van der Waals surface area contributed by atoms with E-state index >= 15 is 0 Å². The Labute approximate surface area is 139 Å². The summed E-state index contributed by atoms with van der Waals surface area (Å²) in [6.07, 6.45) is 1.77. The van der Waals surface area contributed by atoms with Gasteiger partial charge in [-0.25, -0.2) is 0 Å². The Kier molecular flexibility index (Phi) is 3.20. The maximum absolute atomic E-state index is 12.9. The number of amides is 1. The van der Waals surface area contributed by atoms with E-state index < -0.39 is 5.41 Å². The Hall–Kier alpha value is -2.26. The van der Waals surface area contributed by atoms with E-state index in [1.165, 1.54) is 0 Å². The van der Waals surface area contributed by atoms with Crippen LogP contribution in [-0.4, -0.2) is 10.9 Å². The monoisotopic (exact) mass is 324 g/mol. The number of H-pyrrole nitrogens is 1. The first-order chi connectivity index (χ1) is 11.1. The second-order valence-corrected chi connectivity index (χ2v) is 6.65. The van der Waals surface area contributed by atoms with Crippen LogP contribution >= 0.6 is 11.6 Å². The highest BCUT2D eigenvalue weighted by Crippen LogP contribution is 2.52. The van der Waals surface area contributed by atoms with Crippen molar-refractivity contribution in [1.82, 2.24) is 4.98 Å². The highest BCUT2D eigenvalue weighted by molar-refractivity contribution is 6.30. The number of nitrogens with one attached hydrogen (secondary N) is 2. The Morgan fingerprint density at radius 1 is 1.13 bits per heavy atom. The van der Waals surface area contributed by atoms with Gasteiger partial charge in [-0.3, -0.25) is 4.79 Å². The normalized spacial score (nSPS) is 15.6. The van der Waals surface area contributed by atoms with Crippen molar-refractivity contribution in [3.05, 3.63) is 64.8 Å². The topological polar surface area (TPSA) is 44.9 Å². The van der Waals surface area contributed by atoms with Crippen LogP contribution in [0.25, 0.3) is 10.9 Å². The predicted octanol–water partition coefficient (Wildman–Crippen LogP) is 4.80. The predicted molar refractivity (Wildman–Crippen MR) is 94.0 cm³/mol. The molecule has 116 valence electrons. The maximum atomic E-state index is 12.9. The van der Waals surface area contributed by atoms with Crippen LogP contribution in [0, 0.1) is 6.92 Å². The van der Waals surface area contributed by atoms with E-state index in [1.807, 2.05) is 31.2 Å². The van der Waals surface area contributed by atoms with Crippen molar-refractivity contribution < 1.29 is 4.79 Å². The highest BCUT2D eigenvalue weighted by Gasteiger charge is 2.53. The van der Waals surface area contributed by atoms with Crippen LogP contribution in [0.5, 0.6) is 0 Å². The van der Waals surface area contributed by atoms with Crippen molar-refractivity contribution in [2.24, 2.45) is 0 Å². The molecule has 4 rings (SSSR count). The summed E-state index contributed by atoms with van der Waals surface area (Å²) < 4.78 is 0. The molecule has 2 N–H and O–H groups in total. The fraction of sp³-hybridized carbons (Fsp3) is 0.211. The number of aryl methyl sites for hydroxylation is 1. The van der Waals surface area contributed by atoms with Crippen LogP contribution in [0.3, 0.4) is 0 Å². The van der Waals surface area contributed by atoms with E-state index in [0.717, 1.165) is 40.7 Å². The Bertz CT molecular complexity index is 891. The molecule has 1 saturated carbocycles. The lowest BCUT2D eigenvalue weighted by molar-refractivity contribution is -0.118. The van der Waals surface area contributed by atoms with Gasteiger partial charge in [0.05, 0.1) is 5.41 Å². The van der Waals surface area contributed by atoms with Gasteiger partial charge in [-0.2, -0.15) is 0 Å². The smallest absolute Gasteiger partial charge is 0.235 e. The quantitative estimate of drug-likeness (QED) is 0.714. The first-order valence-electron chi connectivity index (χ1n) is 7.75. The van der Waals surface area contributed by atoms with Crippen LogP contribution in [0.4, 0.5) is 5.69 Å². The van der Waals surface area contributed by atoms with Gasteiger partial charge in [0.15, 0.2) is 0 Å². The fourth-order valence-corrected chi connectivity index (χ4v) is 3.52. The number of fused-ring (bicyclic) bond motifs is 1. The number of anilines is 1. The lowest BCUT2D eigenvalue weighted by atomic mass is 9.92. The SMILES string of the molecule is Cc1[nH]c2ccccc2c1C1(C(=O)Nc2ccc(Cl)cc2)CC1. The molecule has 23 heavy (non-hydrogen) atoms. The molecule has 0 atom stereocenters.